The van der Waals surface area contributed by atoms with Crippen molar-refractivity contribution in [2.45, 2.75) is 39.7 Å². The molecule has 3 N–H and O–H groups in total. The van der Waals surface area contributed by atoms with Crippen LogP contribution >= 0.6 is 0 Å². The monoisotopic (exact) mass is 408 g/mol. The van der Waals surface area contributed by atoms with E-state index in [-0.39, 0.29) is 11.8 Å². The van der Waals surface area contributed by atoms with Crippen LogP contribution in [0.3, 0.4) is 0 Å². The van der Waals surface area contributed by atoms with Gasteiger partial charge in [-0.25, -0.2) is 9.59 Å². The number of methoxy groups -OCH3 is 1. The molecule has 1 aromatic carbocycles. The summed E-state index contributed by atoms with van der Waals surface area (Å²) in [5.41, 5.74) is 1.30. The molecule has 1 heterocycles. The van der Waals surface area contributed by atoms with E-state index in [1.807, 2.05) is 12.1 Å². The number of nitrogens with one attached hydrogen (secondary N) is 1. The van der Waals surface area contributed by atoms with Crippen LogP contribution in [0.2, 0.25) is 0 Å². The molecule has 0 radical (unpaired) electrons. The van der Waals surface area contributed by atoms with Gasteiger partial charge >= 0.3 is 11.9 Å². The molecule has 2 rings (SSSR count). The zero-order valence-electron chi connectivity index (χ0n) is 17.4. The van der Waals surface area contributed by atoms with E-state index in [4.69, 9.17) is 24.5 Å². The Hall–Kier alpha value is -2.61. The molecule has 1 aliphatic heterocycles. The average molecular weight is 408 g/mol. The van der Waals surface area contributed by atoms with Gasteiger partial charge in [0.15, 0.2) is 0 Å². The fourth-order valence-electron chi connectivity index (χ4n) is 2.97. The van der Waals surface area contributed by atoms with Gasteiger partial charge in [0, 0.05) is 19.0 Å². The molecular weight excluding hydrogens is 376 g/mol. The lowest BCUT2D eigenvalue weighted by Gasteiger charge is -2.31. The molecule has 162 valence electrons. The molecule has 0 bridgehead atoms. The third kappa shape index (κ3) is 9.94. The quantitative estimate of drug-likeness (QED) is 0.592. The van der Waals surface area contributed by atoms with E-state index < -0.39 is 11.9 Å². The molecule has 8 nitrogen and oxygen atoms in total. The number of carbonyl (C=O) groups excluding carboxylic acids is 1. The molecule has 1 amide bonds. The van der Waals surface area contributed by atoms with Crippen LogP contribution in [0, 0.1) is 11.8 Å². The molecule has 0 aromatic heterocycles. The Labute approximate surface area is 171 Å². The molecular formula is C21H32N2O6. The standard InChI is InChI=1S/C19H30N2O2.C2H2O4/c1-15(2)8-11-20-19(22)17-9-12-21(13-10-17)14-16-4-6-18(23-3)7-5-16;3-1(4)2(5)6/h4-7,15,17H,8-14H2,1-3H3,(H,20,22);(H,3,4)(H,5,6). The first-order chi connectivity index (χ1) is 13.7. The van der Waals surface area contributed by atoms with Crippen molar-refractivity contribution in [1.29, 1.82) is 0 Å². The number of hydrogen-bond acceptors (Lipinski definition) is 5. The van der Waals surface area contributed by atoms with Gasteiger partial charge in [-0.05, 0) is 56.0 Å². The zero-order valence-corrected chi connectivity index (χ0v) is 17.4. The average Bonchev–Trinajstić information content (AvgIpc) is 2.69. The smallest absolute Gasteiger partial charge is 0.414 e. The van der Waals surface area contributed by atoms with E-state index in [9.17, 15) is 4.79 Å². The number of nitrogens with zero attached hydrogens (tertiary/aromatic N) is 1. The molecule has 0 aliphatic carbocycles. The summed E-state index contributed by atoms with van der Waals surface area (Å²) < 4.78 is 5.19. The van der Waals surface area contributed by atoms with E-state index in [2.05, 4.69) is 36.2 Å². The Morgan fingerprint density at radius 1 is 1.10 bits per heavy atom. The first-order valence-corrected chi connectivity index (χ1v) is 9.82. The van der Waals surface area contributed by atoms with E-state index in [0.717, 1.165) is 51.2 Å². The summed E-state index contributed by atoms with van der Waals surface area (Å²) in [6, 6.07) is 8.24. The lowest BCUT2D eigenvalue weighted by Crippen LogP contribution is -2.40. The summed E-state index contributed by atoms with van der Waals surface area (Å²) in [4.78, 5) is 32.8. The number of ether oxygens (including phenoxy) is 1. The van der Waals surface area contributed by atoms with Crippen LogP contribution in [0.4, 0.5) is 0 Å². The Balaban J connectivity index is 0.000000612. The number of amides is 1. The molecule has 0 atom stereocenters. The van der Waals surface area contributed by atoms with E-state index in [1.54, 1.807) is 7.11 Å². The SMILES string of the molecule is COc1ccc(CN2CCC(C(=O)NCCC(C)C)CC2)cc1.O=C(O)C(=O)O. The lowest BCUT2D eigenvalue weighted by molar-refractivity contribution is -0.159. The second kappa shape index (κ2) is 12.8. The number of piperidine rings is 1. The number of aliphatic carboxylic acids is 2. The topological polar surface area (TPSA) is 116 Å². The van der Waals surface area contributed by atoms with Crippen LogP contribution in [-0.4, -0.2) is 59.7 Å². The van der Waals surface area contributed by atoms with Crippen molar-refractivity contribution in [3.8, 4) is 5.75 Å². The summed E-state index contributed by atoms with van der Waals surface area (Å²) in [5.74, 6) is -1.68. The van der Waals surface area contributed by atoms with E-state index in [1.165, 1.54) is 5.56 Å². The fraction of sp³-hybridized carbons (Fsp3) is 0.571. The van der Waals surface area contributed by atoms with Gasteiger partial charge in [-0.3, -0.25) is 9.69 Å². The first kappa shape index (κ1) is 24.4. The maximum atomic E-state index is 12.2. The van der Waals surface area contributed by atoms with Gasteiger partial charge < -0.3 is 20.3 Å². The van der Waals surface area contributed by atoms with E-state index in [0.29, 0.717) is 5.92 Å². The summed E-state index contributed by atoms with van der Waals surface area (Å²) in [7, 11) is 1.69. The molecule has 1 aromatic rings. The Morgan fingerprint density at radius 3 is 2.10 bits per heavy atom. The molecule has 29 heavy (non-hydrogen) atoms. The molecule has 8 heteroatoms. The second-order valence-electron chi connectivity index (χ2n) is 7.48. The molecule has 0 unspecified atom stereocenters. The van der Waals surface area contributed by atoms with Crippen LogP contribution in [0.5, 0.6) is 5.75 Å². The van der Waals surface area contributed by atoms with Gasteiger partial charge in [-0.15, -0.1) is 0 Å². The van der Waals surface area contributed by atoms with Gasteiger partial charge in [0.25, 0.3) is 0 Å². The highest BCUT2D eigenvalue weighted by atomic mass is 16.5. The van der Waals surface area contributed by atoms with Crippen molar-refractivity contribution in [2.75, 3.05) is 26.7 Å². The minimum absolute atomic E-state index is 0.189. The number of hydrogen-bond donors (Lipinski definition) is 3. The summed E-state index contributed by atoms with van der Waals surface area (Å²) in [5, 5.41) is 17.9. The number of benzene rings is 1. The number of carboxylic acid groups (broad SMARTS) is 2. The molecule has 1 saturated heterocycles. The Morgan fingerprint density at radius 2 is 1.66 bits per heavy atom. The van der Waals surface area contributed by atoms with Crippen LogP contribution < -0.4 is 10.1 Å². The van der Waals surface area contributed by atoms with Gasteiger partial charge in [0.2, 0.25) is 5.91 Å². The van der Waals surface area contributed by atoms with Gasteiger partial charge in [0.1, 0.15) is 5.75 Å². The Kier molecular flexibility index (Phi) is 10.8. The van der Waals surface area contributed by atoms with Crippen LogP contribution in [0.15, 0.2) is 24.3 Å². The number of carbonyl (C=O) groups is 3. The maximum absolute atomic E-state index is 12.2. The third-order valence-electron chi connectivity index (χ3n) is 4.73. The third-order valence-corrected chi connectivity index (χ3v) is 4.73. The van der Waals surface area contributed by atoms with Crippen molar-refractivity contribution in [2.24, 2.45) is 11.8 Å². The molecule has 1 aliphatic rings. The van der Waals surface area contributed by atoms with Crippen molar-refractivity contribution < 1.29 is 29.3 Å². The summed E-state index contributed by atoms with van der Waals surface area (Å²) >= 11 is 0. The van der Waals surface area contributed by atoms with Crippen LogP contribution in [0.25, 0.3) is 0 Å². The second-order valence-corrected chi connectivity index (χ2v) is 7.48. The van der Waals surface area contributed by atoms with Gasteiger partial charge in [-0.1, -0.05) is 26.0 Å². The Bertz CT molecular complexity index is 640. The number of rotatable bonds is 7. The van der Waals surface area contributed by atoms with Gasteiger partial charge in [0.05, 0.1) is 7.11 Å². The van der Waals surface area contributed by atoms with Crippen LogP contribution in [0.1, 0.15) is 38.7 Å². The predicted octanol–water partition coefficient (Wildman–Crippen LogP) is 2.23. The van der Waals surface area contributed by atoms with Crippen molar-refractivity contribution in [3.63, 3.8) is 0 Å². The largest absolute Gasteiger partial charge is 0.497 e. The van der Waals surface area contributed by atoms with Gasteiger partial charge in [-0.2, -0.15) is 0 Å². The number of carboxylic acids is 2. The highest BCUT2D eigenvalue weighted by molar-refractivity contribution is 6.27. The normalized spacial score (nSPS) is 14.6. The lowest BCUT2D eigenvalue weighted by atomic mass is 9.95. The minimum Gasteiger partial charge on any atom is -0.497 e. The predicted molar refractivity (Wildman–Crippen MR) is 109 cm³/mol. The summed E-state index contributed by atoms with van der Waals surface area (Å²) in [6.45, 7) is 8.12. The van der Waals surface area contributed by atoms with Crippen molar-refractivity contribution in [3.05, 3.63) is 29.8 Å². The number of likely N-dealkylation sites (tertiary alicyclic amines) is 1. The van der Waals surface area contributed by atoms with Crippen LogP contribution in [-0.2, 0) is 20.9 Å². The van der Waals surface area contributed by atoms with Crippen molar-refractivity contribution >= 4 is 17.8 Å². The van der Waals surface area contributed by atoms with Crippen molar-refractivity contribution in [1.82, 2.24) is 10.2 Å². The fourth-order valence-corrected chi connectivity index (χ4v) is 2.97. The highest BCUT2D eigenvalue weighted by Crippen LogP contribution is 2.20. The first-order valence-electron chi connectivity index (χ1n) is 9.82. The molecule has 0 spiro atoms. The molecule has 0 saturated carbocycles. The minimum atomic E-state index is -1.82. The highest BCUT2D eigenvalue weighted by Gasteiger charge is 2.24. The maximum Gasteiger partial charge on any atom is 0.414 e. The zero-order chi connectivity index (χ0) is 21.8. The summed E-state index contributed by atoms with van der Waals surface area (Å²) in [6.07, 6.45) is 2.98. The van der Waals surface area contributed by atoms with E-state index >= 15 is 0 Å². The molecule has 1 fully saturated rings.